The number of amides is 2. The van der Waals surface area contributed by atoms with Crippen molar-refractivity contribution in [2.45, 2.75) is 6.54 Å². The van der Waals surface area contributed by atoms with Crippen molar-refractivity contribution in [3.63, 3.8) is 0 Å². The summed E-state index contributed by atoms with van der Waals surface area (Å²) in [4.78, 5) is 12.9. The predicted octanol–water partition coefficient (Wildman–Crippen LogP) is 2.20. The number of fused-ring (bicyclic) bond motifs is 1. The van der Waals surface area contributed by atoms with E-state index in [1.165, 1.54) is 21.2 Å². The smallest absolute Gasteiger partial charge is 0.316 e. The van der Waals surface area contributed by atoms with E-state index in [9.17, 15) is 4.79 Å². The molecule has 0 saturated carbocycles. The highest BCUT2D eigenvalue weighted by molar-refractivity contribution is 5.85. The van der Waals surface area contributed by atoms with E-state index in [1.54, 1.807) is 14.1 Å². The molecule has 0 aliphatic heterocycles. The van der Waals surface area contributed by atoms with E-state index in [-0.39, 0.29) is 6.03 Å². The number of hydrogen-bond donors (Lipinski definition) is 2. The zero-order valence-corrected chi connectivity index (χ0v) is 12.0. The lowest BCUT2D eigenvalue weighted by molar-refractivity contribution is 0.217. The Balaban J connectivity index is 1.83. The number of hydrogen-bond acceptors (Lipinski definition) is 2. The Kier molecular flexibility index (Phi) is 4.96. The molecule has 0 radical (unpaired) electrons. The van der Waals surface area contributed by atoms with Gasteiger partial charge in [0, 0.05) is 33.7 Å². The monoisotopic (exact) mass is 271 g/mol. The maximum absolute atomic E-state index is 11.3. The van der Waals surface area contributed by atoms with Crippen LogP contribution in [0.4, 0.5) is 4.79 Å². The Morgan fingerprint density at radius 1 is 1.05 bits per heavy atom. The number of nitrogens with one attached hydrogen (secondary N) is 2. The fourth-order valence-electron chi connectivity index (χ4n) is 2.09. The van der Waals surface area contributed by atoms with Crippen molar-refractivity contribution >= 4 is 16.8 Å². The van der Waals surface area contributed by atoms with E-state index in [0.29, 0.717) is 6.54 Å². The van der Waals surface area contributed by atoms with Gasteiger partial charge in [-0.3, -0.25) is 0 Å². The Bertz CT molecular complexity index is 575. The third kappa shape index (κ3) is 3.71. The second-order valence-electron chi connectivity index (χ2n) is 4.94. The van der Waals surface area contributed by atoms with Crippen molar-refractivity contribution in [2.75, 3.05) is 27.2 Å². The summed E-state index contributed by atoms with van der Waals surface area (Å²) >= 11 is 0. The molecule has 20 heavy (non-hydrogen) atoms. The summed E-state index contributed by atoms with van der Waals surface area (Å²) in [6.45, 7) is 2.18. The van der Waals surface area contributed by atoms with Gasteiger partial charge in [0.05, 0.1) is 0 Å². The van der Waals surface area contributed by atoms with Crippen molar-refractivity contribution in [1.82, 2.24) is 15.5 Å². The molecule has 0 heterocycles. The first-order chi connectivity index (χ1) is 9.68. The molecule has 0 atom stereocenters. The minimum absolute atomic E-state index is 0.0584. The molecular weight excluding hydrogens is 250 g/mol. The van der Waals surface area contributed by atoms with Crippen LogP contribution in [0.3, 0.4) is 0 Å². The standard InChI is InChI=1S/C16H21N3O/c1-19(2)16(20)18-11-10-17-12-14-8-5-7-13-6-3-4-9-15(13)14/h3-9,17H,10-12H2,1-2H3,(H,18,20). The molecule has 0 spiro atoms. The number of nitrogens with zero attached hydrogens (tertiary/aromatic N) is 1. The Hall–Kier alpha value is -2.07. The van der Waals surface area contributed by atoms with Crippen molar-refractivity contribution in [2.24, 2.45) is 0 Å². The molecule has 106 valence electrons. The number of rotatable bonds is 5. The summed E-state index contributed by atoms with van der Waals surface area (Å²) in [5.74, 6) is 0. The molecule has 0 bridgehead atoms. The van der Waals surface area contributed by atoms with E-state index in [0.717, 1.165) is 13.1 Å². The van der Waals surface area contributed by atoms with Crippen LogP contribution in [-0.2, 0) is 6.54 Å². The summed E-state index contributed by atoms with van der Waals surface area (Å²) < 4.78 is 0. The topological polar surface area (TPSA) is 44.4 Å². The van der Waals surface area contributed by atoms with Crippen molar-refractivity contribution in [3.8, 4) is 0 Å². The number of urea groups is 1. The second-order valence-corrected chi connectivity index (χ2v) is 4.94. The minimum atomic E-state index is -0.0584. The van der Waals surface area contributed by atoms with Gasteiger partial charge in [-0.25, -0.2) is 4.79 Å². The van der Waals surface area contributed by atoms with E-state index in [4.69, 9.17) is 0 Å². The van der Waals surface area contributed by atoms with Gasteiger partial charge in [-0.05, 0) is 16.3 Å². The van der Waals surface area contributed by atoms with Gasteiger partial charge in [0.2, 0.25) is 0 Å². The fourth-order valence-corrected chi connectivity index (χ4v) is 2.09. The average molecular weight is 271 g/mol. The maximum Gasteiger partial charge on any atom is 0.316 e. The van der Waals surface area contributed by atoms with Crippen molar-refractivity contribution < 1.29 is 4.79 Å². The van der Waals surface area contributed by atoms with E-state index < -0.39 is 0 Å². The van der Waals surface area contributed by atoms with Crippen molar-refractivity contribution in [3.05, 3.63) is 48.0 Å². The van der Waals surface area contributed by atoms with Gasteiger partial charge in [-0.15, -0.1) is 0 Å². The first-order valence-corrected chi connectivity index (χ1v) is 6.81. The third-order valence-electron chi connectivity index (χ3n) is 3.18. The molecule has 2 aromatic carbocycles. The lowest BCUT2D eigenvalue weighted by atomic mass is 10.0. The van der Waals surface area contributed by atoms with Crippen LogP contribution in [0.5, 0.6) is 0 Å². The van der Waals surface area contributed by atoms with Crippen LogP contribution in [0.1, 0.15) is 5.56 Å². The van der Waals surface area contributed by atoms with Gasteiger partial charge in [-0.2, -0.15) is 0 Å². The zero-order chi connectivity index (χ0) is 14.4. The quantitative estimate of drug-likeness (QED) is 0.819. The molecule has 2 amide bonds. The van der Waals surface area contributed by atoms with Gasteiger partial charge >= 0.3 is 6.03 Å². The lowest BCUT2D eigenvalue weighted by Gasteiger charge is -2.12. The summed E-state index contributed by atoms with van der Waals surface area (Å²) in [6.07, 6.45) is 0. The molecule has 2 rings (SSSR count). The van der Waals surface area contributed by atoms with Gasteiger partial charge in [0.25, 0.3) is 0 Å². The SMILES string of the molecule is CN(C)C(=O)NCCNCc1cccc2ccccc12. The van der Waals surface area contributed by atoms with Gasteiger partial charge < -0.3 is 15.5 Å². The number of carbonyl (C=O) groups is 1. The van der Waals surface area contributed by atoms with Crippen molar-refractivity contribution in [1.29, 1.82) is 0 Å². The Labute approximate surface area is 119 Å². The summed E-state index contributed by atoms with van der Waals surface area (Å²) in [5, 5.41) is 8.72. The molecule has 0 unspecified atom stereocenters. The van der Waals surface area contributed by atoms with Gasteiger partial charge in [-0.1, -0.05) is 42.5 Å². The molecule has 2 aromatic rings. The van der Waals surface area contributed by atoms with Crippen LogP contribution in [-0.4, -0.2) is 38.1 Å². The summed E-state index contributed by atoms with van der Waals surface area (Å²) in [5.41, 5.74) is 1.28. The molecule has 0 aromatic heterocycles. The van der Waals surface area contributed by atoms with Crippen LogP contribution in [0, 0.1) is 0 Å². The molecule has 0 saturated heterocycles. The predicted molar refractivity (Wildman–Crippen MR) is 82.7 cm³/mol. The molecule has 0 aliphatic rings. The normalized spacial score (nSPS) is 10.5. The molecule has 4 nitrogen and oxygen atoms in total. The first-order valence-electron chi connectivity index (χ1n) is 6.81. The van der Waals surface area contributed by atoms with E-state index in [1.807, 2.05) is 0 Å². The van der Waals surface area contributed by atoms with E-state index >= 15 is 0 Å². The Morgan fingerprint density at radius 2 is 1.80 bits per heavy atom. The average Bonchev–Trinajstić information content (AvgIpc) is 2.46. The number of benzene rings is 2. The highest BCUT2D eigenvalue weighted by atomic mass is 16.2. The summed E-state index contributed by atoms with van der Waals surface area (Å²) in [7, 11) is 3.47. The van der Waals surface area contributed by atoms with Gasteiger partial charge in [0.15, 0.2) is 0 Å². The highest BCUT2D eigenvalue weighted by Crippen LogP contribution is 2.17. The fraction of sp³-hybridized carbons (Fsp3) is 0.312. The summed E-state index contributed by atoms with van der Waals surface area (Å²) in [6, 6.07) is 14.6. The van der Waals surface area contributed by atoms with Crippen LogP contribution < -0.4 is 10.6 Å². The maximum atomic E-state index is 11.3. The van der Waals surface area contributed by atoms with Crippen LogP contribution in [0.15, 0.2) is 42.5 Å². The zero-order valence-electron chi connectivity index (χ0n) is 12.0. The van der Waals surface area contributed by atoms with Gasteiger partial charge in [0.1, 0.15) is 0 Å². The minimum Gasteiger partial charge on any atom is -0.337 e. The van der Waals surface area contributed by atoms with Crippen LogP contribution in [0.2, 0.25) is 0 Å². The molecule has 4 heteroatoms. The van der Waals surface area contributed by atoms with Crippen LogP contribution in [0.25, 0.3) is 10.8 Å². The molecule has 0 fully saturated rings. The molecule has 0 aliphatic carbocycles. The highest BCUT2D eigenvalue weighted by Gasteiger charge is 2.02. The number of carbonyl (C=O) groups excluding carboxylic acids is 1. The third-order valence-corrected chi connectivity index (χ3v) is 3.18. The molecule has 2 N–H and O–H groups in total. The van der Waals surface area contributed by atoms with Crippen LogP contribution >= 0.6 is 0 Å². The molecular formula is C16H21N3O. The second kappa shape index (κ2) is 6.91. The lowest BCUT2D eigenvalue weighted by Crippen LogP contribution is -2.38. The first kappa shape index (κ1) is 14.3. The largest absolute Gasteiger partial charge is 0.337 e. The Morgan fingerprint density at radius 3 is 2.60 bits per heavy atom. The van der Waals surface area contributed by atoms with E-state index in [2.05, 4.69) is 53.1 Å².